The molecular weight excluding hydrogens is 334 g/mol. The maximum atomic E-state index is 11.5. The van der Waals surface area contributed by atoms with Crippen molar-refractivity contribution < 1.29 is 17.9 Å². The molecule has 0 saturated carbocycles. The number of benzene rings is 1. The molecule has 0 bridgehead atoms. The van der Waals surface area contributed by atoms with Crippen molar-refractivity contribution in [3.8, 4) is 5.75 Å². The van der Waals surface area contributed by atoms with Gasteiger partial charge in [0.25, 0.3) is 5.91 Å². The summed E-state index contributed by atoms with van der Waals surface area (Å²) in [6, 6.07) is 6.64. The molecule has 1 unspecified atom stereocenters. The Kier molecular flexibility index (Phi) is 5.81. The number of amides is 1. The smallest absolute Gasteiger partial charge is 0.258 e. The molecule has 1 aromatic rings. The van der Waals surface area contributed by atoms with Crippen LogP contribution in [0.5, 0.6) is 5.75 Å². The Balaban J connectivity index is 2.37. The monoisotopic (exact) mass is 349 g/mol. The maximum Gasteiger partial charge on any atom is 0.258 e. The van der Waals surface area contributed by atoms with Crippen LogP contribution in [0.25, 0.3) is 0 Å². The molecule has 1 rings (SSSR count). The molecule has 1 amide bonds. The third kappa shape index (κ3) is 7.17. The van der Waals surface area contributed by atoms with E-state index in [1.165, 1.54) is 0 Å². The number of carbonyl (C=O) groups is 1. The van der Waals surface area contributed by atoms with Gasteiger partial charge in [0.2, 0.25) is 0 Å². The van der Waals surface area contributed by atoms with Crippen molar-refractivity contribution in [2.45, 2.75) is 13.0 Å². The SMILES string of the molecule is CC(CS(C)(=O)=O)NC(=O)COc1ccc(Br)cc1. The van der Waals surface area contributed by atoms with Gasteiger partial charge in [0.05, 0.1) is 5.75 Å². The van der Waals surface area contributed by atoms with Gasteiger partial charge in [-0.2, -0.15) is 0 Å². The van der Waals surface area contributed by atoms with Crippen molar-refractivity contribution in [1.29, 1.82) is 0 Å². The van der Waals surface area contributed by atoms with Crippen LogP contribution in [-0.2, 0) is 14.6 Å². The van der Waals surface area contributed by atoms with Crippen LogP contribution in [-0.4, -0.2) is 39.0 Å². The molecule has 19 heavy (non-hydrogen) atoms. The van der Waals surface area contributed by atoms with Gasteiger partial charge >= 0.3 is 0 Å². The highest BCUT2D eigenvalue weighted by atomic mass is 79.9. The Bertz CT molecular complexity index is 527. The minimum atomic E-state index is -3.10. The largest absolute Gasteiger partial charge is 0.484 e. The van der Waals surface area contributed by atoms with Gasteiger partial charge in [0.15, 0.2) is 6.61 Å². The van der Waals surface area contributed by atoms with Crippen LogP contribution in [0.3, 0.4) is 0 Å². The predicted molar refractivity (Wildman–Crippen MR) is 77.0 cm³/mol. The molecule has 0 spiro atoms. The quantitative estimate of drug-likeness (QED) is 0.841. The van der Waals surface area contributed by atoms with Crippen molar-refractivity contribution in [1.82, 2.24) is 5.32 Å². The first kappa shape index (κ1) is 16.0. The normalized spacial score (nSPS) is 12.8. The number of hydrogen-bond donors (Lipinski definition) is 1. The van der Waals surface area contributed by atoms with Gasteiger partial charge in [0.1, 0.15) is 15.6 Å². The minimum Gasteiger partial charge on any atom is -0.484 e. The summed E-state index contributed by atoms with van der Waals surface area (Å²) in [5.41, 5.74) is 0. The molecule has 1 aromatic carbocycles. The Morgan fingerprint density at radius 3 is 2.47 bits per heavy atom. The van der Waals surface area contributed by atoms with E-state index >= 15 is 0 Å². The Labute approximate surface area is 121 Å². The average molecular weight is 350 g/mol. The number of sulfone groups is 1. The number of carbonyl (C=O) groups excluding carboxylic acids is 1. The molecule has 0 aliphatic carbocycles. The lowest BCUT2D eigenvalue weighted by Crippen LogP contribution is -2.39. The topological polar surface area (TPSA) is 72.5 Å². The summed E-state index contributed by atoms with van der Waals surface area (Å²) in [5.74, 6) is 0.144. The summed E-state index contributed by atoms with van der Waals surface area (Å²) < 4.78 is 28.3. The molecule has 1 N–H and O–H groups in total. The highest BCUT2D eigenvalue weighted by Crippen LogP contribution is 2.15. The highest BCUT2D eigenvalue weighted by Gasteiger charge is 2.13. The summed E-state index contributed by atoms with van der Waals surface area (Å²) in [4.78, 5) is 11.5. The van der Waals surface area contributed by atoms with Crippen LogP contribution in [0, 0.1) is 0 Å². The van der Waals surface area contributed by atoms with Crippen molar-refractivity contribution in [3.63, 3.8) is 0 Å². The molecule has 106 valence electrons. The number of ether oxygens (including phenoxy) is 1. The average Bonchev–Trinajstić information content (AvgIpc) is 2.25. The zero-order valence-corrected chi connectivity index (χ0v) is 13.1. The van der Waals surface area contributed by atoms with Crippen LogP contribution >= 0.6 is 15.9 Å². The highest BCUT2D eigenvalue weighted by molar-refractivity contribution is 9.10. The third-order valence-electron chi connectivity index (χ3n) is 2.14. The summed E-state index contributed by atoms with van der Waals surface area (Å²) in [6.45, 7) is 1.49. The van der Waals surface area contributed by atoms with E-state index in [0.717, 1.165) is 10.7 Å². The first-order valence-corrected chi connectivity index (χ1v) is 8.47. The lowest BCUT2D eigenvalue weighted by atomic mass is 10.3. The third-order valence-corrected chi connectivity index (χ3v) is 3.78. The van der Waals surface area contributed by atoms with E-state index in [4.69, 9.17) is 4.74 Å². The molecule has 0 saturated heterocycles. The van der Waals surface area contributed by atoms with Crippen molar-refractivity contribution in [3.05, 3.63) is 28.7 Å². The second-order valence-corrected chi connectivity index (χ2v) is 7.40. The fourth-order valence-electron chi connectivity index (χ4n) is 1.49. The van der Waals surface area contributed by atoms with E-state index in [2.05, 4.69) is 21.2 Å². The van der Waals surface area contributed by atoms with Gasteiger partial charge in [0, 0.05) is 16.8 Å². The Morgan fingerprint density at radius 1 is 1.37 bits per heavy atom. The van der Waals surface area contributed by atoms with E-state index < -0.39 is 15.9 Å². The Hall–Kier alpha value is -1.08. The molecule has 0 aliphatic rings. The second kappa shape index (κ2) is 6.91. The fourth-order valence-corrected chi connectivity index (χ4v) is 2.75. The van der Waals surface area contributed by atoms with Crippen LogP contribution in [0.1, 0.15) is 6.92 Å². The van der Waals surface area contributed by atoms with Gasteiger partial charge in [-0.1, -0.05) is 15.9 Å². The molecule has 0 aromatic heterocycles. The molecule has 1 atom stereocenters. The van der Waals surface area contributed by atoms with Crippen molar-refractivity contribution >= 4 is 31.7 Å². The zero-order valence-electron chi connectivity index (χ0n) is 10.7. The lowest BCUT2D eigenvalue weighted by molar-refractivity contribution is -0.123. The lowest BCUT2D eigenvalue weighted by Gasteiger charge is -2.13. The molecule has 5 nitrogen and oxygen atoms in total. The first-order chi connectivity index (χ1) is 8.76. The first-order valence-electron chi connectivity index (χ1n) is 5.62. The van der Waals surface area contributed by atoms with Crippen molar-refractivity contribution in [2.24, 2.45) is 0 Å². The molecule has 0 heterocycles. The van der Waals surface area contributed by atoms with Crippen molar-refractivity contribution in [2.75, 3.05) is 18.6 Å². The molecule has 0 fully saturated rings. The number of hydrogen-bond acceptors (Lipinski definition) is 4. The zero-order chi connectivity index (χ0) is 14.5. The van der Waals surface area contributed by atoms with Crippen LogP contribution in [0.4, 0.5) is 0 Å². The van der Waals surface area contributed by atoms with Gasteiger partial charge in [-0.3, -0.25) is 4.79 Å². The fraction of sp³-hybridized carbons (Fsp3) is 0.417. The van der Waals surface area contributed by atoms with E-state index in [1.807, 2.05) is 0 Å². The molecular formula is C12H16BrNO4S. The molecule has 7 heteroatoms. The Morgan fingerprint density at radius 2 is 1.95 bits per heavy atom. The van der Waals surface area contributed by atoms with Gasteiger partial charge in [-0.15, -0.1) is 0 Å². The minimum absolute atomic E-state index is 0.0863. The van der Waals surface area contributed by atoms with E-state index in [1.54, 1.807) is 31.2 Å². The number of halogens is 1. The second-order valence-electron chi connectivity index (χ2n) is 4.30. The standard InChI is InChI=1S/C12H16BrNO4S/c1-9(8-19(2,16)17)14-12(15)7-18-11-5-3-10(13)4-6-11/h3-6,9H,7-8H2,1-2H3,(H,14,15). The summed E-state index contributed by atoms with van der Waals surface area (Å²) in [7, 11) is -3.10. The maximum absolute atomic E-state index is 11.5. The van der Waals surface area contributed by atoms with Gasteiger partial charge < -0.3 is 10.1 Å². The van der Waals surface area contributed by atoms with E-state index in [-0.39, 0.29) is 18.3 Å². The van der Waals surface area contributed by atoms with Gasteiger partial charge in [-0.05, 0) is 31.2 Å². The number of nitrogens with one attached hydrogen (secondary N) is 1. The van der Waals surface area contributed by atoms with Crippen LogP contribution in [0.2, 0.25) is 0 Å². The summed E-state index contributed by atoms with van der Waals surface area (Å²) >= 11 is 3.29. The molecule has 0 radical (unpaired) electrons. The molecule has 0 aliphatic heterocycles. The summed E-state index contributed by atoms with van der Waals surface area (Å²) in [6.07, 6.45) is 1.13. The van der Waals surface area contributed by atoms with Crippen LogP contribution < -0.4 is 10.1 Å². The van der Waals surface area contributed by atoms with E-state index in [9.17, 15) is 13.2 Å². The van der Waals surface area contributed by atoms with Gasteiger partial charge in [-0.25, -0.2) is 8.42 Å². The summed E-state index contributed by atoms with van der Waals surface area (Å²) in [5, 5.41) is 2.57. The van der Waals surface area contributed by atoms with E-state index in [0.29, 0.717) is 5.75 Å². The number of rotatable bonds is 6. The van der Waals surface area contributed by atoms with Crippen LogP contribution in [0.15, 0.2) is 28.7 Å². The predicted octanol–water partition coefficient (Wildman–Crippen LogP) is 1.38.